The van der Waals surface area contributed by atoms with Crippen LogP contribution < -0.4 is 5.32 Å². The lowest BCUT2D eigenvalue weighted by atomic mass is 10.1. The van der Waals surface area contributed by atoms with E-state index in [9.17, 15) is 4.79 Å². The predicted octanol–water partition coefficient (Wildman–Crippen LogP) is 5.35. The van der Waals surface area contributed by atoms with Crippen LogP contribution in [0.2, 0.25) is 0 Å². The zero-order valence-corrected chi connectivity index (χ0v) is 17.5. The van der Waals surface area contributed by atoms with Gasteiger partial charge in [0.05, 0.1) is 22.0 Å². The molecule has 0 aliphatic heterocycles. The van der Waals surface area contributed by atoms with Crippen LogP contribution >= 0.6 is 23.1 Å². The first-order chi connectivity index (χ1) is 14.1. The molecule has 2 aromatic carbocycles. The molecule has 0 aliphatic carbocycles. The molecule has 0 saturated carbocycles. The number of aryl methyl sites for hydroxylation is 2. The largest absolute Gasteiger partial charge is 0.338 e. The van der Waals surface area contributed by atoms with E-state index in [4.69, 9.17) is 4.52 Å². The fourth-order valence-corrected chi connectivity index (χ4v) is 4.25. The molecule has 2 heterocycles. The lowest BCUT2D eigenvalue weighted by Gasteiger charge is -2.09. The van der Waals surface area contributed by atoms with E-state index in [-0.39, 0.29) is 5.91 Å². The summed E-state index contributed by atoms with van der Waals surface area (Å²) in [5.74, 6) is 1.48. The first kappa shape index (κ1) is 19.4. The van der Waals surface area contributed by atoms with Gasteiger partial charge in [-0.2, -0.15) is 4.98 Å². The second-order valence-electron chi connectivity index (χ2n) is 6.30. The Morgan fingerprint density at radius 1 is 1.10 bits per heavy atom. The summed E-state index contributed by atoms with van der Waals surface area (Å²) in [6, 6.07) is 15.2. The van der Waals surface area contributed by atoms with Crippen molar-refractivity contribution in [3.8, 4) is 11.3 Å². The van der Waals surface area contributed by atoms with Crippen LogP contribution in [0.4, 0.5) is 5.69 Å². The molecule has 0 aliphatic rings. The van der Waals surface area contributed by atoms with Gasteiger partial charge in [0, 0.05) is 21.5 Å². The summed E-state index contributed by atoms with van der Waals surface area (Å²) in [7, 11) is 0. The number of rotatable bonds is 6. The molecule has 1 N–H and O–H groups in total. The second-order valence-corrected chi connectivity index (χ2v) is 8.38. The zero-order chi connectivity index (χ0) is 20.2. The highest BCUT2D eigenvalue weighted by Crippen LogP contribution is 2.27. The number of aromatic nitrogens is 3. The van der Waals surface area contributed by atoms with Crippen LogP contribution in [0.3, 0.4) is 0 Å². The molecule has 29 heavy (non-hydrogen) atoms. The second kappa shape index (κ2) is 8.59. The Labute approximate surface area is 176 Å². The molecule has 0 radical (unpaired) electrons. The van der Waals surface area contributed by atoms with E-state index in [1.807, 2.05) is 60.8 Å². The van der Waals surface area contributed by atoms with Gasteiger partial charge in [0.2, 0.25) is 5.89 Å². The lowest BCUT2D eigenvalue weighted by molar-refractivity contribution is 0.102. The Kier molecular flexibility index (Phi) is 5.73. The summed E-state index contributed by atoms with van der Waals surface area (Å²) in [6.45, 7) is 3.76. The average molecular weight is 423 g/mol. The fourth-order valence-electron chi connectivity index (χ4n) is 2.74. The van der Waals surface area contributed by atoms with Crippen LogP contribution in [0.25, 0.3) is 11.3 Å². The number of carbonyl (C=O) groups is 1. The maximum Gasteiger partial charge on any atom is 0.256 e. The van der Waals surface area contributed by atoms with Gasteiger partial charge in [-0.25, -0.2) is 4.98 Å². The maximum absolute atomic E-state index is 12.8. The number of thioether (sulfide) groups is 1. The molecule has 0 bridgehead atoms. The Morgan fingerprint density at radius 3 is 2.59 bits per heavy atom. The molecule has 0 fully saturated rings. The van der Waals surface area contributed by atoms with Gasteiger partial charge in [-0.05, 0) is 38.1 Å². The van der Waals surface area contributed by atoms with Gasteiger partial charge in [-0.15, -0.1) is 23.1 Å². The molecule has 146 valence electrons. The zero-order valence-electron chi connectivity index (χ0n) is 15.9. The first-order valence-corrected chi connectivity index (χ1v) is 10.8. The van der Waals surface area contributed by atoms with Gasteiger partial charge in [0.1, 0.15) is 0 Å². The third-order valence-electron chi connectivity index (χ3n) is 4.11. The summed E-state index contributed by atoms with van der Waals surface area (Å²) in [5.41, 5.74) is 3.31. The van der Waals surface area contributed by atoms with Crippen molar-refractivity contribution in [1.82, 2.24) is 15.1 Å². The predicted molar refractivity (Wildman–Crippen MR) is 115 cm³/mol. The van der Waals surface area contributed by atoms with E-state index in [2.05, 4.69) is 20.4 Å². The number of amides is 1. The Balaban J connectivity index is 1.45. The van der Waals surface area contributed by atoms with E-state index in [1.165, 1.54) is 11.8 Å². The van der Waals surface area contributed by atoms with Crippen LogP contribution in [-0.2, 0) is 5.75 Å². The monoisotopic (exact) mass is 422 g/mol. The van der Waals surface area contributed by atoms with Crippen molar-refractivity contribution in [3.63, 3.8) is 0 Å². The Morgan fingerprint density at radius 2 is 1.90 bits per heavy atom. The van der Waals surface area contributed by atoms with Gasteiger partial charge in [-0.3, -0.25) is 4.79 Å². The van der Waals surface area contributed by atoms with Gasteiger partial charge in [0.25, 0.3) is 5.91 Å². The number of carbonyl (C=O) groups excluding carboxylic acids is 1. The quantitative estimate of drug-likeness (QED) is 0.422. The SMILES string of the molecule is Cc1noc(CSc2ccccc2C(=O)Nc2ccc(-c3csc(C)n3)cc2)n1. The van der Waals surface area contributed by atoms with Gasteiger partial charge in [0.15, 0.2) is 5.82 Å². The smallest absolute Gasteiger partial charge is 0.256 e. The highest BCUT2D eigenvalue weighted by molar-refractivity contribution is 7.98. The van der Waals surface area contributed by atoms with Crippen molar-refractivity contribution in [2.45, 2.75) is 24.5 Å². The van der Waals surface area contributed by atoms with Crippen LogP contribution in [0.5, 0.6) is 0 Å². The van der Waals surface area contributed by atoms with Crippen molar-refractivity contribution < 1.29 is 9.32 Å². The minimum atomic E-state index is -0.160. The van der Waals surface area contributed by atoms with Crippen molar-refractivity contribution in [3.05, 3.63) is 76.2 Å². The van der Waals surface area contributed by atoms with E-state index in [0.29, 0.717) is 23.0 Å². The number of hydrogen-bond donors (Lipinski definition) is 1. The van der Waals surface area contributed by atoms with Crippen molar-refractivity contribution in [2.24, 2.45) is 0 Å². The minimum Gasteiger partial charge on any atom is -0.338 e. The summed E-state index contributed by atoms with van der Waals surface area (Å²) in [4.78, 5) is 22.4. The highest BCUT2D eigenvalue weighted by Gasteiger charge is 2.13. The molecule has 0 unspecified atom stereocenters. The molecule has 0 saturated heterocycles. The van der Waals surface area contributed by atoms with Crippen molar-refractivity contribution in [2.75, 3.05) is 5.32 Å². The topological polar surface area (TPSA) is 80.9 Å². The molecule has 6 nitrogen and oxygen atoms in total. The van der Waals surface area contributed by atoms with E-state index < -0.39 is 0 Å². The molecule has 4 rings (SSSR count). The number of anilines is 1. The fraction of sp³-hybridized carbons (Fsp3) is 0.143. The Hall–Kier alpha value is -2.97. The van der Waals surface area contributed by atoms with Gasteiger partial charge in [-0.1, -0.05) is 29.4 Å². The summed E-state index contributed by atoms with van der Waals surface area (Å²) in [5, 5.41) is 9.81. The molecular weight excluding hydrogens is 404 g/mol. The van der Waals surface area contributed by atoms with E-state index in [0.717, 1.165) is 26.8 Å². The standard InChI is InChI=1S/C21H18N4O2S2/c1-13-22-20(27-25-13)12-29-19-6-4-3-5-17(19)21(26)24-16-9-7-15(8-10-16)18-11-28-14(2)23-18/h3-11H,12H2,1-2H3,(H,24,26). The number of benzene rings is 2. The van der Waals surface area contributed by atoms with Crippen molar-refractivity contribution >= 4 is 34.7 Å². The average Bonchev–Trinajstić information content (AvgIpc) is 3.35. The molecule has 1 amide bonds. The number of nitrogens with one attached hydrogen (secondary N) is 1. The minimum absolute atomic E-state index is 0.160. The summed E-state index contributed by atoms with van der Waals surface area (Å²) in [6.07, 6.45) is 0. The highest BCUT2D eigenvalue weighted by atomic mass is 32.2. The summed E-state index contributed by atoms with van der Waals surface area (Å²) < 4.78 is 5.14. The number of thiazole rings is 1. The normalized spacial score (nSPS) is 10.8. The molecule has 0 spiro atoms. The third-order valence-corrected chi connectivity index (χ3v) is 5.94. The first-order valence-electron chi connectivity index (χ1n) is 8.93. The maximum atomic E-state index is 12.8. The van der Waals surface area contributed by atoms with Crippen LogP contribution in [-0.4, -0.2) is 21.0 Å². The van der Waals surface area contributed by atoms with E-state index >= 15 is 0 Å². The molecular formula is C21H18N4O2S2. The van der Waals surface area contributed by atoms with Crippen molar-refractivity contribution in [1.29, 1.82) is 0 Å². The molecule has 2 aromatic heterocycles. The van der Waals surface area contributed by atoms with Crippen LogP contribution in [0.15, 0.2) is 63.3 Å². The molecule has 0 atom stereocenters. The number of hydrogen-bond acceptors (Lipinski definition) is 7. The van der Waals surface area contributed by atoms with Gasteiger partial charge < -0.3 is 9.84 Å². The Bertz CT molecular complexity index is 1140. The van der Waals surface area contributed by atoms with Gasteiger partial charge >= 0.3 is 0 Å². The number of nitrogens with zero attached hydrogens (tertiary/aromatic N) is 3. The molecule has 4 aromatic rings. The third kappa shape index (κ3) is 4.72. The summed E-state index contributed by atoms with van der Waals surface area (Å²) >= 11 is 3.11. The van der Waals surface area contributed by atoms with E-state index in [1.54, 1.807) is 18.3 Å². The van der Waals surface area contributed by atoms with Crippen LogP contribution in [0.1, 0.15) is 27.1 Å². The lowest BCUT2D eigenvalue weighted by Crippen LogP contribution is -2.12. The van der Waals surface area contributed by atoms with Crippen LogP contribution in [0, 0.1) is 13.8 Å². The molecule has 8 heteroatoms.